The van der Waals surface area contributed by atoms with E-state index in [0.717, 1.165) is 12.8 Å². The van der Waals surface area contributed by atoms with E-state index in [1.165, 1.54) is 6.20 Å². The van der Waals surface area contributed by atoms with Crippen LogP contribution in [0.1, 0.15) is 33.6 Å². The zero-order valence-electron chi connectivity index (χ0n) is 18.1. The lowest BCUT2D eigenvalue weighted by atomic mass is 10.1. The fourth-order valence-corrected chi connectivity index (χ4v) is 4.28. The summed E-state index contributed by atoms with van der Waals surface area (Å²) in [5.74, 6) is -0.814. The van der Waals surface area contributed by atoms with Crippen LogP contribution in [0.2, 0.25) is 5.15 Å². The molecule has 1 amide bonds. The third-order valence-corrected chi connectivity index (χ3v) is 5.62. The molecule has 33 heavy (non-hydrogen) atoms. The quantitative estimate of drug-likeness (QED) is 0.466. The van der Waals surface area contributed by atoms with Crippen LogP contribution in [0.5, 0.6) is 6.01 Å². The van der Waals surface area contributed by atoms with Crippen molar-refractivity contribution in [2.24, 2.45) is 0 Å². The molecule has 8 nitrogen and oxygen atoms in total. The molecule has 180 valence electrons. The predicted molar refractivity (Wildman–Crippen MR) is 111 cm³/mol. The first kappa shape index (κ1) is 23.5. The smallest absolute Gasteiger partial charge is 0.422 e. The van der Waals surface area contributed by atoms with Crippen LogP contribution < -0.4 is 9.64 Å². The number of rotatable bonds is 3. The van der Waals surface area contributed by atoms with Crippen LogP contribution in [0.15, 0.2) is 6.20 Å². The number of hydrogen-bond acceptors (Lipinski definition) is 7. The first-order valence-corrected chi connectivity index (χ1v) is 10.7. The van der Waals surface area contributed by atoms with Gasteiger partial charge in [-0.2, -0.15) is 23.1 Å². The number of pyridine rings is 1. The van der Waals surface area contributed by atoms with Crippen LogP contribution in [0.4, 0.5) is 28.2 Å². The molecular formula is C20H22ClF4N5O3. The zero-order valence-corrected chi connectivity index (χ0v) is 18.9. The van der Waals surface area contributed by atoms with Gasteiger partial charge in [-0.3, -0.25) is 4.90 Å². The Morgan fingerprint density at radius 2 is 1.82 bits per heavy atom. The molecule has 0 aliphatic carbocycles. The molecule has 2 saturated heterocycles. The molecular weight excluding hydrogens is 470 g/mol. The molecule has 2 aromatic rings. The maximum Gasteiger partial charge on any atom is 0.422 e. The topological polar surface area (TPSA) is 80.7 Å². The highest BCUT2D eigenvalue weighted by Gasteiger charge is 2.45. The van der Waals surface area contributed by atoms with Gasteiger partial charge >= 0.3 is 18.3 Å². The lowest BCUT2D eigenvalue weighted by molar-refractivity contribution is -0.154. The van der Waals surface area contributed by atoms with Crippen LogP contribution in [0.3, 0.4) is 0 Å². The van der Waals surface area contributed by atoms with E-state index in [9.17, 15) is 22.4 Å². The van der Waals surface area contributed by atoms with E-state index in [4.69, 9.17) is 21.1 Å². The van der Waals surface area contributed by atoms with Crippen molar-refractivity contribution in [3.05, 3.63) is 17.2 Å². The Morgan fingerprint density at radius 3 is 2.39 bits per heavy atom. The number of amides is 1. The number of nitrogens with zero attached hydrogens (tertiary/aromatic N) is 5. The molecule has 0 aromatic carbocycles. The van der Waals surface area contributed by atoms with Gasteiger partial charge in [-0.1, -0.05) is 11.6 Å². The van der Waals surface area contributed by atoms with E-state index in [1.807, 2.05) is 0 Å². The molecule has 2 fully saturated rings. The highest BCUT2D eigenvalue weighted by atomic mass is 35.5. The fourth-order valence-electron chi connectivity index (χ4n) is 4.14. The van der Waals surface area contributed by atoms with Gasteiger partial charge in [-0.15, -0.1) is 0 Å². The number of piperazine rings is 1. The minimum absolute atomic E-state index is 0.168. The Balaban J connectivity index is 1.67. The van der Waals surface area contributed by atoms with E-state index in [0.29, 0.717) is 13.1 Å². The summed E-state index contributed by atoms with van der Waals surface area (Å²) < 4.78 is 62.8. The van der Waals surface area contributed by atoms with Gasteiger partial charge in [0.2, 0.25) is 0 Å². The molecule has 0 N–H and O–H groups in total. The summed E-state index contributed by atoms with van der Waals surface area (Å²) in [6, 6.07) is -1.03. The molecule has 4 rings (SSSR count). The number of alkyl halides is 3. The van der Waals surface area contributed by atoms with E-state index in [-0.39, 0.29) is 28.8 Å². The Bertz CT molecular complexity index is 1060. The van der Waals surface area contributed by atoms with Crippen LogP contribution in [-0.2, 0) is 4.74 Å². The van der Waals surface area contributed by atoms with Gasteiger partial charge in [0.05, 0.1) is 17.5 Å². The number of aromatic nitrogens is 3. The number of fused-ring (bicyclic) bond motifs is 3. The molecule has 0 radical (unpaired) electrons. The molecule has 0 unspecified atom stereocenters. The summed E-state index contributed by atoms with van der Waals surface area (Å²) in [6.07, 6.45) is -2.33. The summed E-state index contributed by atoms with van der Waals surface area (Å²) in [5.41, 5.74) is -0.942. The average Bonchev–Trinajstić information content (AvgIpc) is 2.97. The van der Waals surface area contributed by atoms with E-state index in [2.05, 4.69) is 15.0 Å². The zero-order chi connectivity index (χ0) is 24.1. The third kappa shape index (κ3) is 4.99. The van der Waals surface area contributed by atoms with Crippen molar-refractivity contribution in [3.8, 4) is 6.01 Å². The van der Waals surface area contributed by atoms with Crippen molar-refractivity contribution in [2.45, 2.75) is 57.5 Å². The number of carbonyl (C=O) groups excluding carboxylic acids is 1. The molecule has 2 atom stereocenters. The first-order chi connectivity index (χ1) is 15.3. The van der Waals surface area contributed by atoms with Gasteiger partial charge in [0.15, 0.2) is 17.6 Å². The van der Waals surface area contributed by atoms with Gasteiger partial charge in [0, 0.05) is 19.3 Å². The van der Waals surface area contributed by atoms with Crippen LogP contribution in [0, 0.1) is 5.82 Å². The monoisotopic (exact) mass is 491 g/mol. The highest BCUT2D eigenvalue weighted by Crippen LogP contribution is 2.37. The van der Waals surface area contributed by atoms with Crippen molar-refractivity contribution in [1.29, 1.82) is 0 Å². The fraction of sp³-hybridized carbons (Fsp3) is 0.600. The summed E-state index contributed by atoms with van der Waals surface area (Å²) in [6.45, 7) is 4.37. The molecule has 4 heterocycles. The molecule has 2 aliphatic heterocycles. The SMILES string of the molecule is CC(C)(C)OC(=O)N1[C@@H]2CC[C@H]1CN(c1nc(OCC(F)(F)F)nc3c(F)c(Cl)ncc13)C2. The molecule has 2 aliphatic rings. The molecule has 0 spiro atoms. The largest absolute Gasteiger partial charge is 0.454 e. The summed E-state index contributed by atoms with van der Waals surface area (Å²) in [5, 5.41) is -0.287. The Morgan fingerprint density at radius 1 is 1.18 bits per heavy atom. The molecule has 13 heteroatoms. The van der Waals surface area contributed by atoms with Crippen molar-refractivity contribution in [2.75, 3.05) is 24.6 Å². The molecule has 2 bridgehead atoms. The Hall–Kier alpha value is -2.63. The number of anilines is 1. The second-order valence-electron chi connectivity index (χ2n) is 9.04. The van der Waals surface area contributed by atoms with Gasteiger partial charge in [-0.25, -0.2) is 14.2 Å². The van der Waals surface area contributed by atoms with Crippen molar-refractivity contribution in [1.82, 2.24) is 19.9 Å². The lowest BCUT2D eigenvalue weighted by Crippen LogP contribution is -2.57. The van der Waals surface area contributed by atoms with Gasteiger partial charge in [0.25, 0.3) is 0 Å². The first-order valence-electron chi connectivity index (χ1n) is 10.3. The standard InChI is InChI=1S/C20H22ClF4N5O3/c1-19(2,3)33-18(31)30-10-4-5-11(30)8-29(7-10)16-12-6-26-15(21)13(22)14(12)27-17(28-16)32-9-20(23,24)25/h6,10-11H,4-5,7-9H2,1-3H3/t10-,11+. The maximum absolute atomic E-state index is 14.6. The summed E-state index contributed by atoms with van der Waals surface area (Å²) >= 11 is 5.75. The van der Waals surface area contributed by atoms with E-state index >= 15 is 0 Å². The van der Waals surface area contributed by atoms with E-state index < -0.39 is 41.5 Å². The summed E-state index contributed by atoms with van der Waals surface area (Å²) in [7, 11) is 0. The number of carbonyl (C=O) groups is 1. The summed E-state index contributed by atoms with van der Waals surface area (Å²) in [4.78, 5) is 27.9. The van der Waals surface area contributed by atoms with Gasteiger partial charge in [-0.05, 0) is 33.6 Å². The third-order valence-electron chi connectivity index (χ3n) is 5.35. The van der Waals surface area contributed by atoms with Gasteiger partial charge in [0.1, 0.15) is 16.9 Å². The Kier molecular flexibility index (Phi) is 5.92. The Labute approximate surface area is 191 Å². The number of hydrogen-bond donors (Lipinski definition) is 0. The van der Waals surface area contributed by atoms with E-state index in [1.54, 1.807) is 30.6 Å². The van der Waals surface area contributed by atoms with Crippen LogP contribution in [0.25, 0.3) is 10.9 Å². The minimum atomic E-state index is -4.62. The van der Waals surface area contributed by atoms with Crippen LogP contribution >= 0.6 is 11.6 Å². The van der Waals surface area contributed by atoms with Gasteiger partial charge < -0.3 is 14.4 Å². The molecule has 0 saturated carbocycles. The number of halogens is 5. The second-order valence-corrected chi connectivity index (χ2v) is 9.39. The lowest BCUT2D eigenvalue weighted by Gasteiger charge is -2.42. The number of ether oxygens (including phenoxy) is 2. The normalized spacial score (nSPS) is 21.0. The second kappa shape index (κ2) is 8.30. The minimum Gasteiger partial charge on any atom is -0.454 e. The molecule has 2 aromatic heterocycles. The van der Waals surface area contributed by atoms with Crippen LogP contribution in [-0.4, -0.2) is 69.5 Å². The van der Waals surface area contributed by atoms with Crippen molar-refractivity contribution in [3.63, 3.8) is 0 Å². The average molecular weight is 492 g/mol. The maximum atomic E-state index is 14.6. The predicted octanol–water partition coefficient (Wildman–Crippen LogP) is 4.35. The van der Waals surface area contributed by atoms with Crippen molar-refractivity contribution >= 4 is 34.4 Å². The van der Waals surface area contributed by atoms with Crippen molar-refractivity contribution < 1.29 is 31.8 Å². The highest BCUT2D eigenvalue weighted by molar-refractivity contribution is 6.30.